The first kappa shape index (κ1) is 16.4. The predicted octanol–water partition coefficient (Wildman–Crippen LogP) is 1.68. The maximum Gasteiger partial charge on any atom is 0.266 e. The third kappa shape index (κ3) is 2.77. The zero-order valence-electron chi connectivity index (χ0n) is 14.2. The van der Waals surface area contributed by atoms with Crippen LogP contribution in [0.3, 0.4) is 0 Å². The Labute approximate surface area is 150 Å². The van der Waals surface area contributed by atoms with Crippen molar-refractivity contribution in [2.75, 3.05) is 10.2 Å². The lowest BCUT2D eigenvalue weighted by atomic mass is 10.1. The summed E-state index contributed by atoms with van der Waals surface area (Å²) in [6, 6.07) is 13.4. The van der Waals surface area contributed by atoms with Crippen molar-refractivity contribution in [3.05, 3.63) is 59.7 Å². The molecule has 0 aromatic heterocycles. The van der Waals surface area contributed by atoms with Crippen molar-refractivity contribution in [3.63, 3.8) is 0 Å². The number of hydrazine groups is 1. The molecule has 0 spiro atoms. The fourth-order valence-electron chi connectivity index (χ4n) is 3.26. The molecule has 3 N–H and O–H groups in total. The van der Waals surface area contributed by atoms with Gasteiger partial charge >= 0.3 is 0 Å². The Kier molecular flexibility index (Phi) is 4.02. The van der Waals surface area contributed by atoms with Gasteiger partial charge in [0.05, 0.1) is 16.8 Å². The SMILES string of the molecule is CC1CC(C(=O)Nc2cccc(N3C(=O)c4ccccc4C3=O)c2)NN1. The van der Waals surface area contributed by atoms with Crippen LogP contribution in [-0.2, 0) is 4.79 Å². The number of carbonyl (C=O) groups is 3. The van der Waals surface area contributed by atoms with Crippen molar-refractivity contribution in [2.45, 2.75) is 25.4 Å². The zero-order valence-corrected chi connectivity index (χ0v) is 14.2. The van der Waals surface area contributed by atoms with Crippen LogP contribution >= 0.6 is 0 Å². The highest BCUT2D eigenvalue weighted by Gasteiger charge is 2.36. The largest absolute Gasteiger partial charge is 0.325 e. The van der Waals surface area contributed by atoms with Crippen LogP contribution in [-0.4, -0.2) is 29.8 Å². The molecule has 0 bridgehead atoms. The van der Waals surface area contributed by atoms with Crippen molar-refractivity contribution < 1.29 is 14.4 Å². The fraction of sp³-hybridized carbons (Fsp3) is 0.211. The smallest absolute Gasteiger partial charge is 0.266 e. The quantitative estimate of drug-likeness (QED) is 0.733. The predicted molar refractivity (Wildman–Crippen MR) is 96.8 cm³/mol. The van der Waals surface area contributed by atoms with E-state index in [0.717, 1.165) is 4.90 Å². The molecule has 2 aliphatic rings. The summed E-state index contributed by atoms with van der Waals surface area (Å²) < 4.78 is 0. The van der Waals surface area contributed by atoms with Gasteiger partial charge < -0.3 is 5.32 Å². The molecule has 2 unspecified atom stereocenters. The number of imide groups is 1. The molecule has 2 aromatic carbocycles. The number of rotatable bonds is 3. The van der Waals surface area contributed by atoms with Gasteiger partial charge in [-0.25, -0.2) is 10.3 Å². The Bertz CT molecular complexity index is 876. The summed E-state index contributed by atoms with van der Waals surface area (Å²) in [6.45, 7) is 1.99. The molecule has 7 heteroatoms. The molecular weight excluding hydrogens is 332 g/mol. The molecule has 1 saturated heterocycles. The second kappa shape index (κ2) is 6.36. The number of hydrogen-bond donors (Lipinski definition) is 3. The molecule has 0 aliphatic carbocycles. The molecule has 2 atom stereocenters. The maximum absolute atomic E-state index is 12.6. The molecule has 2 heterocycles. The van der Waals surface area contributed by atoms with Crippen molar-refractivity contribution in [2.24, 2.45) is 0 Å². The maximum atomic E-state index is 12.6. The molecule has 2 aliphatic heterocycles. The normalized spacial score (nSPS) is 21.8. The number of hydrogen-bond acceptors (Lipinski definition) is 5. The topological polar surface area (TPSA) is 90.5 Å². The van der Waals surface area contributed by atoms with Crippen LogP contribution in [0.15, 0.2) is 48.5 Å². The highest BCUT2D eigenvalue weighted by Crippen LogP contribution is 2.29. The second-order valence-electron chi connectivity index (χ2n) is 6.51. The van der Waals surface area contributed by atoms with Crippen LogP contribution in [0.5, 0.6) is 0 Å². The van der Waals surface area contributed by atoms with Gasteiger partial charge in [-0.05, 0) is 43.7 Å². The molecule has 132 valence electrons. The fourth-order valence-corrected chi connectivity index (χ4v) is 3.26. The Hall–Kier alpha value is -3.03. The molecule has 0 radical (unpaired) electrons. The van der Waals surface area contributed by atoms with Crippen LogP contribution in [0.4, 0.5) is 11.4 Å². The van der Waals surface area contributed by atoms with Gasteiger partial charge in [-0.15, -0.1) is 0 Å². The highest BCUT2D eigenvalue weighted by atomic mass is 16.2. The number of benzene rings is 2. The molecule has 1 fully saturated rings. The summed E-state index contributed by atoms with van der Waals surface area (Å²) in [7, 11) is 0. The lowest BCUT2D eigenvalue weighted by Gasteiger charge is -2.16. The number of carbonyl (C=O) groups excluding carboxylic acids is 3. The van der Waals surface area contributed by atoms with E-state index in [9.17, 15) is 14.4 Å². The number of nitrogens with zero attached hydrogens (tertiary/aromatic N) is 1. The third-order valence-corrected chi connectivity index (χ3v) is 4.58. The van der Waals surface area contributed by atoms with E-state index in [1.54, 1.807) is 48.5 Å². The van der Waals surface area contributed by atoms with Gasteiger partial charge in [-0.1, -0.05) is 18.2 Å². The van der Waals surface area contributed by atoms with E-state index in [1.807, 2.05) is 6.92 Å². The van der Waals surface area contributed by atoms with Crippen molar-refractivity contribution >= 4 is 29.1 Å². The molecule has 0 saturated carbocycles. The van der Waals surface area contributed by atoms with Crippen LogP contribution in [0, 0.1) is 0 Å². The monoisotopic (exact) mass is 350 g/mol. The van der Waals surface area contributed by atoms with Gasteiger partial charge in [0.2, 0.25) is 5.91 Å². The summed E-state index contributed by atoms with van der Waals surface area (Å²) in [5, 5.41) is 2.83. The van der Waals surface area contributed by atoms with Crippen LogP contribution < -0.4 is 21.1 Å². The first-order valence-electron chi connectivity index (χ1n) is 8.44. The lowest BCUT2D eigenvalue weighted by Crippen LogP contribution is -2.40. The van der Waals surface area contributed by atoms with Crippen LogP contribution in [0.1, 0.15) is 34.1 Å². The highest BCUT2D eigenvalue weighted by molar-refractivity contribution is 6.34. The van der Waals surface area contributed by atoms with Crippen LogP contribution in [0.25, 0.3) is 0 Å². The summed E-state index contributed by atoms with van der Waals surface area (Å²) in [5.41, 5.74) is 7.69. The molecular formula is C19H18N4O3. The van der Waals surface area contributed by atoms with E-state index in [1.165, 1.54) is 0 Å². The van der Waals surface area contributed by atoms with E-state index >= 15 is 0 Å². The molecule has 2 aromatic rings. The number of anilines is 2. The van der Waals surface area contributed by atoms with Gasteiger partial charge in [0, 0.05) is 11.7 Å². The minimum atomic E-state index is -0.357. The van der Waals surface area contributed by atoms with Gasteiger partial charge in [-0.2, -0.15) is 0 Å². The Balaban J connectivity index is 1.56. The summed E-state index contributed by atoms with van der Waals surface area (Å²) >= 11 is 0. The standard InChI is InChI=1S/C19H18N4O3/c1-11-9-16(22-21-11)17(24)20-12-5-4-6-13(10-12)23-18(25)14-7-2-3-8-15(14)19(23)26/h2-8,10-11,16,21-22H,9H2,1H3,(H,20,24). The van der Waals surface area contributed by atoms with E-state index < -0.39 is 0 Å². The minimum Gasteiger partial charge on any atom is -0.325 e. The molecule has 26 heavy (non-hydrogen) atoms. The lowest BCUT2D eigenvalue weighted by molar-refractivity contribution is -0.117. The van der Waals surface area contributed by atoms with Gasteiger partial charge in [0.1, 0.15) is 6.04 Å². The average Bonchev–Trinajstić information content (AvgIpc) is 3.18. The Morgan fingerprint density at radius 3 is 2.35 bits per heavy atom. The number of nitrogens with one attached hydrogen (secondary N) is 3. The van der Waals surface area contributed by atoms with Crippen molar-refractivity contribution in [3.8, 4) is 0 Å². The molecule has 4 rings (SSSR count). The minimum absolute atomic E-state index is 0.165. The first-order valence-corrected chi connectivity index (χ1v) is 8.44. The van der Waals surface area contributed by atoms with E-state index in [4.69, 9.17) is 0 Å². The van der Waals surface area contributed by atoms with Gasteiger partial charge in [0.15, 0.2) is 0 Å². The van der Waals surface area contributed by atoms with Crippen LogP contribution in [0.2, 0.25) is 0 Å². The zero-order chi connectivity index (χ0) is 18.3. The molecule has 7 nitrogen and oxygen atoms in total. The van der Waals surface area contributed by atoms with Crippen molar-refractivity contribution in [1.82, 2.24) is 10.9 Å². The number of fused-ring (bicyclic) bond motifs is 1. The van der Waals surface area contributed by atoms with Crippen molar-refractivity contribution in [1.29, 1.82) is 0 Å². The summed E-state index contributed by atoms with van der Waals surface area (Å²) in [6.07, 6.45) is 0.684. The Morgan fingerprint density at radius 1 is 1.04 bits per heavy atom. The first-order chi connectivity index (χ1) is 12.5. The summed E-state index contributed by atoms with van der Waals surface area (Å²) in [4.78, 5) is 38.6. The second-order valence-corrected chi connectivity index (χ2v) is 6.51. The van der Waals surface area contributed by atoms with Gasteiger partial charge in [-0.3, -0.25) is 19.8 Å². The van der Waals surface area contributed by atoms with Gasteiger partial charge in [0.25, 0.3) is 11.8 Å². The molecule has 3 amide bonds. The Morgan fingerprint density at radius 2 is 1.73 bits per heavy atom. The average molecular weight is 350 g/mol. The third-order valence-electron chi connectivity index (χ3n) is 4.58. The van der Waals surface area contributed by atoms with E-state index in [2.05, 4.69) is 16.2 Å². The van der Waals surface area contributed by atoms with E-state index in [0.29, 0.717) is 28.9 Å². The van der Waals surface area contributed by atoms with E-state index in [-0.39, 0.29) is 29.8 Å². The summed E-state index contributed by atoms with van der Waals surface area (Å²) in [5.74, 6) is -0.879. The number of amides is 3.